The van der Waals surface area contributed by atoms with Crippen molar-refractivity contribution in [2.75, 3.05) is 24.2 Å². The lowest BCUT2D eigenvalue weighted by atomic mass is 10.0. The molecule has 1 fully saturated rings. The van der Waals surface area contributed by atoms with Crippen LogP contribution in [0.4, 0.5) is 5.69 Å². The van der Waals surface area contributed by atoms with E-state index in [9.17, 15) is 22.8 Å². The van der Waals surface area contributed by atoms with Crippen LogP contribution in [-0.2, 0) is 21.2 Å². The van der Waals surface area contributed by atoms with E-state index in [1.54, 1.807) is 6.92 Å². The second-order valence-electron chi connectivity index (χ2n) is 14.1. The van der Waals surface area contributed by atoms with Gasteiger partial charge in [0.2, 0.25) is 21.8 Å². The highest BCUT2D eigenvalue weighted by molar-refractivity contribution is 7.92. The maximum Gasteiger partial charge on any atom is 0.251 e. The molecular weight excluding hydrogens is 695 g/mol. The van der Waals surface area contributed by atoms with E-state index in [0.717, 1.165) is 34.5 Å². The molecule has 0 bridgehead atoms. The average Bonchev–Trinajstić information content (AvgIpc) is 3.88. The highest BCUT2D eigenvalue weighted by Crippen LogP contribution is 2.38. The number of hydrogen-bond acceptors (Lipinski definition) is 9. The van der Waals surface area contributed by atoms with Crippen molar-refractivity contribution in [3.05, 3.63) is 113 Å². The van der Waals surface area contributed by atoms with Crippen LogP contribution in [0.2, 0.25) is 0 Å². The molecule has 14 heteroatoms. The van der Waals surface area contributed by atoms with Gasteiger partial charge in [0, 0.05) is 36.7 Å². The molecule has 1 heterocycles. The molecule has 13 nitrogen and oxygen atoms in total. The third kappa shape index (κ3) is 10.7. The number of nitrogens with zero attached hydrogens (tertiary/aromatic N) is 3. The largest absolute Gasteiger partial charge is 0.348 e. The molecule has 4 N–H and O–H groups in total. The van der Waals surface area contributed by atoms with Crippen LogP contribution in [0.3, 0.4) is 0 Å². The molecule has 1 unspecified atom stereocenters. The van der Waals surface area contributed by atoms with Crippen molar-refractivity contribution < 1.29 is 27.3 Å². The molecule has 1 aliphatic rings. The van der Waals surface area contributed by atoms with Crippen LogP contribution in [0.1, 0.15) is 102 Å². The fourth-order valence-corrected chi connectivity index (χ4v) is 6.27. The van der Waals surface area contributed by atoms with E-state index < -0.39 is 40.0 Å². The van der Waals surface area contributed by atoms with Gasteiger partial charge in [0.25, 0.3) is 11.8 Å². The van der Waals surface area contributed by atoms with Gasteiger partial charge in [-0.05, 0) is 68.4 Å². The monoisotopic (exact) mass is 743 g/mol. The number of rotatable bonds is 17. The van der Waals surface area contributed by atoms with Gasteiger partial charge in [-0.15, -0.1) is 0 Å². The molecule has 3 amide bonds. The van der Waals surface area contributed by atoms with E-state index in [0.29, 0.717) is 24.1 Å². The normalized spacial score (nSPS) is 15.2. The molecule has 0 saturated heterocycles. The lowest BCUT2D eigenvalue weighted by Gasteiger charge is -2.25. The topological polar surface area (TPSA) is 176 Å². The highest BCUT2D eigenvalue weighted by atomic mass is 32.2. The molecule has 4 aromatic rings. The maximum absolute atomic E-state index is 14.0. The second kappa shape index (κ2) is 17.2. The van der Waals surface area contributed by atoms with Gasteiger partial charge in [-0.3, -0.25) is 18.7 Å². The Labute approximate surface area is 311 Å². The minimum Gasteiger partial charge on any atom is -0.348 e. The minimum absolute atomic E-state index is 0.00482. The summed E-state index contributed by atoms with van der Waals surface area (Å²) in [5.41, 5.74) is 2.23. The molecule has 1 aromatic heterocycles. The van der Waals surface area contributed by atoms with Crippen molar-refractivity contribution in [3.63, 3.8) is 0 Å². The van der Waals surface area contributed by atoms with E-state index in [1.165, 1.54) is 25.2 Å². The maximum atomic E-state index is 14.0. The van der Waals surface area contributed by atoms with Gasteiger partial charge < -0.3 is 25.8 Å². The van der Waals surface area contributed by atoms with Crippen LogP contribution in [0.5, 0.6) is 0 Å². The lowest BCUT2D eigenvalue weighted by molar-refractivity contribution is -0.124. The summed E-state index contributed by atoms with van der Waals surface area (Å²) in [5.74, 6) is 0.124. The number of nitrogens with one attached hydrogen (secondary N) is 4. The van der Waals surface area contributed by atoms with Crippen LogP contribution < -0.4 is 25.6 Å². The first-order valence-corrected chi connectivity index (χ1v) is 19.7. The van der Waals surface area contributed by atoms with Crippen LogP contribution in [0.15, 0.2) is 83.4 Å². The zero-order valence-electron chi connectivity index (χ0n) is 31.0. The standard InChI is InChI=1S/C39H49N7O6S/c1-24(2)34(39-44-35(45-52-39)29-17-18-29)43-36(47)26(4)40-23-32(19-27-13-9-7-10-14-27)42-38(49)31-20-30(21-33(22-31)46(5)53(6,50)51)37(48)41-25(3)28-15-11-8-12-16-28/h7-16,20-22,24-26,29,32,34,40H,17-19,23H2,1-6H3,(H,41,48)(H,42,49)(H,43,47)/t25-,26?,32+,34+/m1/s1. The van der Waals surface area contributed by atoms with E-state index in [4.69, 9.17) is 4.52 Å². The van der Waals surface area contributed by atoms with Crippen molar-refractivity contribution in [3.8, 4) is 0 Å². The molecule has 0 aliphatic heterocycles. The van der Waals surface area contributed by atoms with Crippen LogP contribution in [-0.4, -0.2) is 68.2 Å². The third-order valence-corrected chi connectivity index (χ3v) is 10.5. The van der Waals surface area contributed by atoms with Gasteiger partial charge in [0.05, 0.1) is 24.0 Å². The van der Waals surface area contributed by atoms with Crippen LogP contribution in [0, 0.1) is 5.92 Å². The number of carbonyl (C=O) groups is 3. The van der Waals surface area contributed by atoms with E-state index >= 15 is 0 Å². The number of benzene rings is 3. The quantitative estimate of drug-likeness (QED) is 0.120. The summed E-state index contributed by atoms with van der Waals surface area (Å²) in [6.45, 7) is 7.74. The van der Waals surface area contributed by atoms with Crippen molar-refractivity contribution in [1.82, 2.24) is 31.4 Å². The number of hydrogen-bond donors (Lipinski definition) is 4. The number of carbonyl (C=O) groups excluding carboxylic acids is 3. The number of sulfonamides is 1. The summed E-state index contributed by atoms with van der Waals surface area (Å²) in [7, 11) is -2.36. The number of aromatic nitrogens is 2. The first-order valence-electron chi connectivity index (χ1n) is 17.9. The molecule has 53 heavy (non-hydrogen) atoms. The molecule has 282 valence electrons. The smallest absolute Gasteiger partial charge is 0.251 e. The fourth-order valence-electron chi connectivity index (χ4n) is 5.78. The summed E-state index contributed by atoms with van der Waals surface area (Å²) in [6.07, 6.45) is 3.55. The Morgan fingerprint density at radius 3 is 2.06 bits per heavy atom. The Bertz CT molecular complexity index is 1980. The highest BCUT2D eigenvalue weighted by Gasteiger charge is 2.32. The zero-order chi connectivity index (χ0) is 38.3. The minimum atomic E-state index is -3.72. The second-order valence-corrected chi connectivity index (χ2v) is 16.1. The molecule has 5 rings (SSSR count). The summed E-state index contributed by atoms with van der Waals surface area (Å²) >= 11 is 0. The molecule has 0 spiro atoms. The molecular formula is C39H49N7O6S. The molecule has 4 atom stereocenters. The van der Waals surface area contributed by atoms with Gasteiger partial charge in [-0.1, -0.05) is 79.7 Å². The Hall–Kier alpha value is -5.08. The van der Waals surface area contributed by atoms with Gasteiger partial charge >= 0.3 is 0 Å². The van der Waals surface area contributed by atoms with E-state index in [1.807, 2.05) is 81.4 Å². The van der Waals surface area contributed by atoms with Gasteiger partial charge in [0.15, 0.2) is 5.82 Å². The summed E-state index contributed by atoms with van der Waals surface area (Å²) in [6, 6.07) is 21.4. The first-order chi connectivity index (χ1) is 25.2. The SMILES string of the molecule is CC(NC[C@H](Cc1ccccc1)NC(=O)c1cc(C(=O)N[C@H](C)c2ccccc2)cc(N(C)S(C)(=O)=O)c1)C(=O)N[C@H](c1nc(C2CC2)no1)C(C)C. The molecule has 3 aromatic carbocycles. The van der Waals surface area contributed by atoms with Crippen molar-refractivity contribution in [2.24, 2.45) is 5.92 Å². The van der Waals surface area contributed by atoms with Crippen LogP contribution in [0.25, 0.3) is 0 Å². The van der Waals surface area contributed by atoms with Crippen LogP contribution >= 0.6 is 0 Å². The first kappa shape index (κ1) is 39.1. The van der Waals surface area contributed by atoms with E-state index in [2.05, 4.69) is 31.4 Å². The van der Waals surface area contributed by atoms with Gasteiger partial charge in [0.1, 0.15) is 6.04 Å². The Morgan fingerprint density at radius 1 is 0.868 bits per heavy atom. The Balaban J connectivity index is 1.33. The average molecular weight is 744 g/mol. The fraction of sp³-hybridized carbons (Fsp3) is 0.410. The predicted molar refractivity (Wildman–Crippen MR) is 203 cm³/mol. The predicted octanol–water partition coefficient (Wildman–Crippen LogP) is 4.67. The number of amides is 3. The lowest BCUT2D eigenvalue weighted by Crippen LogP contribution is -2.50. The van der Waals surface area contributed by atoms with Crippen molar-refractivity contribution in [2.45, 2.75) is 77.0 Å². The Kier molecular flexibility index (Phi) is 12.7. The summed E-state index contributed by atoms with van der Waals surface area (Å²) in [5, 5.41) is 16.4. The van der Waals surface area contributed by atoms with Gasteiger partial charge in [-0.2, -0.15) is 4.98 Å². The Morgan fingerprint density at radius 2 is 1.47 bits per heavy atom. The van der Waals surface area contributed by atoms with Crippen molar-refractivity contribution >= 4 is 33.4 Å². The molecule has 0 radical (unpaired) electrons. The van der Waals surface area contributed by atoms with Gasteiger partial charge in [-0.25, -0.2) is 8.42 Å². The summed E-state index contributed by atoms with van der Waals surface area (Å²) < 4.78 is 31.6. The molecule has 1 saturated carbocycles. The third-order valence-electron chi connectivity index (χ3n) is 9.30. The number of anilines is 1. The molecule has 1 aliphatic carbocycles. The van der Waals surface area contributed by atoms with E-state index in [-0.39, 0.29) is 41.2 Å². The zero-order valence-corrected chi connectivity index (χ0v) is 31.8. The summed E-state index contributed by atoms with van der Waals surface area (Å²) in [4.78, 5) is 45.4. The van der Waals surface area contributed by atoms with Crippen molar-refractivity contribution in [1.29, 1.82) is 0 Å².